The van der Waals surface area contributed by atoms with Crippen molar-refractivity contribution in [2.45, 2.75) is 32.2 Å². The van der Waals surface area contributed by atoms with Crippen molar-refractivity contribution in [3.05, 3.63) is 28.0 Å². The van der Waals surface area contributed by atoms with Crippen molar-refractivity contribution in [2.75, 3.05) is 19.8 Å². The van der Waals surface area contributed by atoms with E-state index in [1.165, 1.54) is 11.3 Å². The fraction of sp³-hybridized carbons (Fsp3) is 0.571. The number of hydrogen-bond acceptors (Lipinski definition) is 7. The Morgan fingerprint density at radius 3 is 3.09 bits per heavy atom. The molecule has 3 heterocycles. The first-order valence-electron chi connectivity index (χ1n) is 7.36. The van der Waals surface area contributed by atoms with Crippen LogP contribution < -0.4 is 0 Å². The molecule has 1 aliphatic rings. The molecule has 0 aliphatic carbocycles. The molecule has 118 valence electrons. The lowest BCUT2D eigenvalue weighted by molar-refractivity contribution is 0.0526. The first kappa shape index (κ1) is 15.1. The Balaban J connectivity index is 1.63. The van der Waals surface area contributed by atoms with Gasteiger partial charge in [-0.25, -0.2) is 14.5 Å². The van der Waals surface area contributed by atoms with Crippen LogP contribution in [0.15, 0.2) is 12.4 Å². The van der Waals surface area contributed by atoms with Gasteiger partial charge in [-0.15, -0.1) is 16.4 Å². The van der Waals surface area contributed by atoms with Gasteiger partial charge in [0.25, 0.3) is 0 Å². The number of thiazole rings is 1. The topological polar surface area (TPSA) is 79.1 Å². The highest BCUT2D eigenvalue weighted by atomic mass is 32.1. The van der Waals surface area contributed by atoms with Gasteiger partial charge in [-0.05, 0) is 19.8 Å². The summed E-state index contributed by atoms with van der Waals surface area (Å²) in [5, 5.41) is 8.80. The standard InChI is InChI=1S/C14H18N4O3S/c1-2-21-14(19)13-15-7-11(22-13)8-18-9-12(16-17-18)10-3-5-20-6-4-10/h7,9-10H,2-6,8H2,1H3. The number of rotatable bonds is 5. The monoisotopic (exact) mass is 322 g/mol. The third-order valence-corrected chi connectivity index (χ3v) is 4.48. The molecule has 0 N–H and O–H groups in total. The Bertz CT molecular complexity index is 634. The maximum absolute atomic E-state index is 11.6. The average molecular weight is 322 g/mol. The molecule has 7 nitrogen and oxygen atoms in total. The van der Waals surface area contributed by atoms with Crippen LogP contribution >= 0.6 is 11.3 Å². The number of ether oxygens (including phenoxy) is 2. The summed E-state index contributed by atoms with van der Waals surface area (Å²) in [5.41, 5.74) is 1.01. The zero-order valence-corrected chi connectivity index (χ0v) is 13.2. The normalized spacial score (nSPS) is 15.9. The minimum absolute atomic E-state index is 0.352. The van der Waals surface area contributed by atoms with E-state index in [0.29, 0.717) is 24.1 Å². The lowest BCUT2D eigenvalue weighted by Crippen LogP contribution is -2.14. The molecule has 0 atom stereocenters. The van der Waals surface area contributed by atoms with E-state index < -0.39 is 0 Å². The van der Waals surface area contributed by atoms with Crippen LogP contribution in [0.4, 0.5) is 0 Å². The lowest BCUT2D eigenvalue weighted by atomic mass is 9.97. The van der Waals surface area contributed by atoms with Crippen LogP contribution in [-0.4, -0.2) is 45.8 Å². The van der Waals surface area contributed by atoms with Gasteiger partial charge in [-0.3, -0.25) is 0 Å². The number of nitrogens with zero attached hydrogens (tertiary/aromatic N) is 4. The Labute approximate surface area is 132 Å². The SMILES string of the molecule is CCOC(=O)c1ncc(Cn2cc(C3CCOCC3)nn2)s1. The smallest absolute Gasteiger partial charge is 0.367 e. The van der Waals surface area contributed by atoms with Crippen LogP contribution in [0.1, 0.15) is 46.1 Å². The summed E-state index contributed by atoms with van der Waals surface area (Å²) in [6.45, 7) is 4.27. The molecule has 0 bridgehead atoms. The summed E-state index contributed by atoms with van der Waals surface area (Å²) in [7, 11) is 0. The molecule has 1 saturated heterocycles. The number of aromatic nitrogens is 4. The second-order valence-electron chi connectivity index (χ2n) is 5.08. The lowest BCUT2D eigenvalue weighted by Gasteiger charge is -2.19. The summed E-state index contributed by atoms with van der Waals surface area (Å²) in [6.07, 6.45) is 5.64. The van der Waals surface area contributed by atoms with Crippen LogP contribution in [0.5, 0.6) is 0 Å². The van der Waals surface area contributed by atoms with Gasteiger partial charge in [0.2, 0.25) is 5.01 Å². The first-order chi connectivity index (χ1) is 10.8. The Hall–Kier alpha value is -1.80. The predicted molar refractivity (Wildman–Crippen MR) is 80.0 cm³/mol. The predicted octanol–water partition coefficient (Wildman–Crippen LogP) is 1.85. The molecular formula is C14H18N4O3S. The molecule has 0 radical (unpaired) electrons. The van der Waals surface area contributed by atoms with E-state index in [0.717, 1.165) is 36.6 Å². The molecule has 1 fully saturated rings. The van der Waals surface area contributed by atoms with Crippen molar-refractivity contribution >= 4 is 17.3 Å². The quantitative estimate of drug-likeness (QED) is 0.782. The molecule has 22 heavy (non-hydrogen) atoms. The second-order valence-corrected chi connectivity index (χ2v) is 6.20. The van der Waals surface area contributed by atoms with Gasteiger partial charge in [-0.1, -0.05) is 5.21 Å². The van der Waals surface area contributed by atoms with E-state index in [1.54, 1.807) is 17.8 Å². The summed E-state index contributed by atoms with van der Waals surface area (Å²) in [4.78, 5) is 16.6. The van der Waals surface area contributed by atoms with Gasteiger partial charge < -0.3 is 9.47 Å². The third-order valence-electron chi connectivity index (χ3n) is 3.52. The van der Waals surface area contributed by atoms with Crippen LogP contribution in [0.3, 0.4) is 0 Å². The van der Waals surface area contributed by atoms with Gasteiger partial charge in [-0.2, -0.15) is 0 Å². The summed E-state index contributed by atoms with van der Waals surface area (Å²) in [6, 6.07) is 0. The molecule has 0 spiro atoms. The number of carbonyl (C=O) groups is 1. The number of carbonyl (C=O) groups excluding carboxylic acids is 1. The highest BCUT2D eigenvalue weighted by Crippen LogP contribution is 2.25. The van der Waals surface area contributed by atoms with Crippen molar-refractivity contribution in [1.82, 2.24) is 20.0 Å². The molecule has 2 aromatic heterocycles. The minimum atomic E-state index is -0.375. The molecular weight excluding hydrogens is 304 g/mol. The van der Waals surface area contributed by atoms with Gasteiger partial charge in [0.05, 0.1) is 18.8 Å². The van der Waals surface area contributed by atoms with Crippen molar-refractivity contribution < 1.29 is 14.3 Å². The van der Waals surface area contributed by atoms with Gasteiger partial charge in [0, 0.05) is 36.4 Å². The fourth-order valence-corrected chi connectivity index (χ4v) is 3.20. The summed E-state index contributed by atoms with van der Waals surface area (Å²) >= 11 is 1.33. The van der Waals surface area contributed by atoms with E-state index in [1.807, 2.05) is 6.20 Å². The zero-order valence-electron chi connectivity index (χ0n) is 12.4. The Morgan fingerprint density at radius 1 is 1.50 bits per heavy atom. The molecule has 0 unspecified atom stereocenters. The highest BCUT2D eigenvalue weighted by molar-refractivity contribution is 7.13. The molecule has 0 saturated carbocycles. The molecule has 2 aromatic rings. The largest absolute Gasteiger partial charge is 0.461 e. The highest BCUT2D eigenvalue weighted by Gasteiger charge is 2.19. The van der Waals surface area contributed by atoms with E-state index in [9.17, 15) is 4.79 Å². The van der Waals surface area contributed by atoms with Gasteiger partial charge in [0.15, 0.2) is 0 Å². The number of esters is 1. The van der Waals surface area contributed by atoms with Crippen molar-refractivity contribution in [1.29, 1.82) is 0 Å². The van der Waals surface area contributed by atoms with E-state index >= 15 is 0 Å². The van der Waals surface area contributed by atoms with Gasteiger partial charge in [0.1, 0.15) is 0 Å². The second kappa shape index (κ2) is 6.97. The van der Waals surface area contributed by atoms with E-state index in [-0.39, 0.29) is 5.97 Å². The first-order valence-corrected chi connectivity index (χ1v) is 8.17. The van der Waals surface area contributed by atoms with Crippen LogP contribution in [0, 0.1) is 0 Å². The molecule has 8 heteroatoms. The summed E-state index contributed by atoms with van der Waals surface area (Å²) in [5.74, 6) is 0.0549. The van der Waals surface area contributed by atoms with Crippen LogP contribution in [0.2, 0.25) is 0 Å². The molecule has 3 rings (SSSR count). The molecule has 1 aliphatic heterocycles. The maximum Gasteiger partial charge on any atom is 0.367 e. The fourth-order valence-electron chi connectivity index (χ4n) is 2.40. The van der Waals surface area contributed by atoms with Crippen molar-refractivity contribution in [3.8, 4) is 0 Å². The summed E-state index contributed by atoms with van der Waals surface area (Å²) < 4.78 is 12.1. The average Bonchev–Trinajstić information content (AvgIpc) is 3.18. The van der Waals surface area contributed by atoms with Crippen molar-refractivity contribution in [3.63, 3.8) is 0 Å². The Morgan fingerprint density at radius 2 is 2.32 bits per heavy atom. The minimum Gasteiger partial charge on any atom is -0.461 e. The van der Waals surface area contributed by atoms with Crippen LogP contribution in [0.25, 0.3) is 0 Å². The maximum atomic E-state index is 11.6. The van der Waals surface area contributed by atoms with Crippen LogP contribution in [-0.2, 0) is 16.0 Å². The zero-order chi connectivity index (χ0) is 15.4. The number of hydrogen-bond donors (Lipinski definition) is 0. The van der Waals surface area contributed by atoms with E-state index in [4.69, 9.17) is 9.47 Å². The third kappa shape index (κ3) is 3.50. The van der Waals surface area contributed by atoms with E-state index in [2.05, 4.69) is 15.3 Å². The molecule has 0 aromatic carbocycles. The van der Waals surface area contributed by atoms with Gasteiger partial charge >= 0.3 is 5.97 Å². The molecule has 0 amide bonds. The Kier molecular flexibility index (Phi) is 4.79. The van der Waals surface area contributed by atoms with Crippen molar-refractivity contribution in [2.24, 2.45) is 0 Å².